The molecule has 0 atom stereocenters. The van der Waals surface area contributed by atoms with Gasteiger partial charge in [-0.2, -0.15) is 0 Å². The Morgan fingerprint density at radius 3 is 1.91 bits per heavy atom. The lowest BCUT2D eigenvalue weighted by Crippen LogP contribution is -2.09. The Balaban J connectivity index is 0.979. The van der Waals surface area contributed by atoms with Gasteiger partial charge in [0, 0.05) is 79.8 Å². The number of furan rings is 1. The number of para-hydroxylation sites is 1. The van der Waals surface area contributed by atoms with Crippen molar-refractivity contribution in [3.05, 3.63) is 170 Å². The summed E-state index contributed by atoms with van der Waals surface area (Å²) in [6, 6.07) is 61.2. The largest absolute Gasteiger partial charge is 0.456 e. The zero-order valence-electron chi connectivity index (χ0n) is 29.2. The third-order valence-corrected chi connectivity index (χ3v) is 14.1. The van der Waals surface area contributed by atoms with Crippen molar-refractivity contribution < 1.29 is 4.42 Å². The van der Waals surface area contributed by atoms with Crippen LogP contribution in [0, 0.1) is 0 Å². The Morgan fingerprint density at radius 1 is 0.382 bits per heavy atom. The van der Waals surface area contributed by atoms with Crippen LogP contribution in [-0.4, -0.2) is 4.98 Å². The van der Waals surface area contributed by atoms with Crippen LogP contribution in [0.15, 0.2) is 174 Å². The maximum absolute atomic E-state index is 6.38. The second kappa shape index (κ2) is 12.1. The number of hydrogen-bond donors (Lipinski definition) is 0. The van der Waals surface area contributed by atoms with Crippen LogP contribution in [0.3, 0.4) is 0 Å². The van der Waals surface area contributed by atoms with Gasteiger partial charge in [-0.1, -0.05) is 91.0 Å². The van der Waals surface area contributed by atoms with E-state index in [1.54, 1.807) is 11.3 Å². The fourth-order valence-corrected chi connectivity index (χ4v) is 11.3. The van der Waals surface area contributed by atoms with Crippen LogP contribution in [0.1, 0.15) is 0 Å². The molecule has 0 aliphatic carbocycles. The molecule has 4 heterocycles. The molecule has 12 rings (SSSR count). The van der Waals surface area contributed by atoms with Crippen molar-refractivity contribution in [1.82, 2.24) is 4.98 Å². The van der Waals surface area contributed by atoms with Gasteiger partial charge in [0.1, 0.15) is 16.2 Å². The van der Waals surface area contributed by atoms with E-state index in [2.05, 4.69) is 163 Å². The van der Waals surface area contributed by atoms with Crippen LogP contribution in [-0.2, 0) is 0 Å². The minimum atomic E-state index is 0.879. The quantitative estimate of drug-likeness (QED) is 0.175. The highest BCUT2D eigenvalue weighted by Gasteiger charge is 2.19. The molecule has 8 aromatic carbocycles. The third kappa shape index (κ3) is 4.96. The van der Waals surface area contributed by atoms with Crippen LogP contribution in [0.5, 0.6) is 0 Å². The second-order valence-electron chi connectivity index (χ2n) is 13.9. The summed E-state index contributed by atoms with van der Waals surface area (Å²) in [5.74, 6) is 0. The fourth-order valence-electron chi connectivity index (χ4n) is 8.09. The lowest BCUT2D eigenvalue weighted by atomic mass is 10.0. The number of nitrogens with zero attached hydrogens (tertiary/aromatic N) is 2. The molecule has 0 saturated heterocycles. The monoisotopic (exact) mass is 756 g/mol. The molecule has 6 heteroatoms. The number of benzene rings is 8. The molecule has 3 nitrogen and oxygen atoms in total. The van der Waals surface area contributed by atoms with Crippen LogP contribution < -0.4 is 4.90 Å². The second-order valence-corrected chi connectivity index (χ2v) is 17.1. The first-order valence-electron chi connectivity index (χ1n) is 18.3. The Labute approximate surface area is 327 Å². The molecule has 0 aliphatic rings. The van der Waals surface area contributed by atoms with Crippen molar-refractivity contribution in [2.75, 3.05) is 4.90 Å². The molecule has 0 saturated carbocycles. The minimum Gasteiger partial charge on any atom is -0.456 e. The fraction of sp³-hybridized carbons (Fsp3) is 0. The first-order valence-corrected chi connectivity index (χ1v) is 20.7. The number of aromatic nitrogens is 1. The highest BCUT2D eigenvalue weighted by Crippen LogP contribution is 2.45. The Kier molecular flexibility index (Phi) is 6.84. The highest BCUT2D eigenvalue weighted by atomic mass is 32.1. The number of fused-ring (bicyclic) bond motifs is 11. The molecule has 0 radical (unpaired) electrons. The van der Waals surface area contributed by atoms with Gasteiger partial charge < -0.3 is 9.32 Å². The maximum atomic E-state index is 6.38. The number of thiazole rings is 1. The number of rotatable bonds is 5. The first-order chi connectivity index (χ1) is 27.2. The van der Waals surface area contributed by atoms with E-state index in [1.165, 1.54) is 56.2 Å². The topological polar surface area (TPSA) is 29.3 Å². The van der Waals surface area contributed by atoms with E-state index < -0.39 is 0 Å². The van der Waals surface area contributed by atoms with Crippen molar-refractivity contribution in [2.45, 2.75) is 0 Å². The lowest BCUT2D eigenvalue weighted by Gasteiger charge is -2.26. The van der Waals surface area contributed by atoms with E-state index in [0.717, 1.165) is 55.1 Å². The summed E-state index contributed by atoms with van der Waals surface area (Å²) in [5.41, 5.74) is 9.64. The molecule has 0 bridgehead atoms. The zero-order valence-corrected chi connectivity index (χ0v) is 31.6. The van der Waals surface area contributed by atoms with Gasteiger partial charge in [0.2, 0.25) is 0 Å². The lowest BCUT2D eigenvalue weighted by molar-refractivity contribution is 0.669. The Morgan fingerprint density at radius 2 is 1.02 bits per heavy atom. The van der Waals surface area contributed by atoms with E-state index in [0.29, 0.717) is 0 Å². The average molecular weight is 757 g/mol. The number of hydrogen-bond acceptors (Lipinski definition) is 6. The standard InChI is InChI=1S/C49H28N2OS3/c1-2-8-30(9-3-1)49-50-48-45(55-49)25-24-44-47(48)39-26-31(16-23-43(39)53-44)29-14-17-32(18-15-29)51(33-19-21-36-35-10-4-6-12-40(35)52-41(36)27-33)34-20-22-38-37-11-5-7-13-42(37)54-46(38)28-34/h1-28H. The molecular weight excluding hydrogens is 729 g/mol. The minimum absolute atomic E-state index is 0.879. The normalized spacial score (nSPS) is 12.0. The van der Waals surface area contributed by atoms with Gasteiger partial charge >= 0.3 is 0 Å². The highest BCUT2D eigenvalue weighted by molar-refractivity contribution is 7.26. The summed E-state index contributed by atoms with van der Waals surface area (Å²) in [7, 11) is 0. The van der Waals surface area contributed by atoms with Crippen LogP contribution in [0.2, 0.25) is 0 Å². The molecule has 0 unspecified atom stereocenters. The van der Waals surface area contributed by atoms with E-state index in [1.807, 2.05) is 34.8 Å². The van der Waals surface area contributed by atoms with Crippen molar-refractivity contribution in [3.63, 3.8) is 0 Å². The summed E-state index contributed by atoms with van der Waals surface area (Å²) in [6.45, 7) is 0. The summed E-state index contributed by atoms with van der Waals surface area (Å²) >= 11 is 5.45. The van der Waals surface area contributed by atoms with Crippen LogP contribution in [0.4, 0.5) is 17.1 Å². The van der Waals surface area contributed by atoms with E-state index in [4.69, 9.17) is 9.40 Å². The first kappa shape index (κ1) is 31.1. The average Bonchev–Trinajstić information content (AvgIpc) is 4.02. The molecule has 258 valence electrons. The zero-order chi connectivity index (χ0) is 36.0. The van der Waals surface area contributed by atoms with E-state index >= 15 is 0 Å². The summed E-state index contributed by atoms with van der Waals surface area (Å²) < 4.78 is 12.7. The summed E-state index contributed by atoms with van der Waals surface area (Å²) in [6.07, 6.45) is 0. The Hall–Kier alpha value is -6.31. The van der Waals surface area contributed by atoms with Gasteiger partial charge in [-0.25, -0.2) is 4.98 Å². The third-order valence-electron chi connectivity index (χ3n) is 10.7. The van der Waals surface area contributed by atoms with Crippen molar-refractivity contribution in [2.24, 2.45) is 0 Å². The van der Waals surface area contributed by atoms with Crippen LogP contribution >= 0.6 is 34.0 Å². The van der Waals surface area contributed by atoms with Crippen molar-refractivity contribution in [1.29, 1.82) is 0 Å². The van der Waals surface area contributed by atoms with Crippen molar-refractivity contribution >= 4 is 124 Å². The van der Waals surface area contributed by atoms with Gasteiger partial charge in [-0.3, -0.25) is 0 Å². The molecular formula is C49H28N2OS3. The van der Waals surface area contributed by atoms with Gasteiger partial charge in [-0.15, -0.1) is 34.0 Å². The van der Waals surface area contributed by atoms with Gasteiger partial charge in [0.05, 0.1) is 10.2 Å². The maximum Gasteiger partial charge on any atom is 0.137 e. The van der Waals surface area contributed by atoms with Crippen molar-refractivity contribution in [3.8, 4) is 21.7 Å². The molecule has 0 N–H and O–H groups in total. The predicted molar refractivity (Wildman–Crippen MR) is 238 cm³/mol. The molecule has 0 aliphatic heterocycles. The van der Waals surface area contributed by atoms with E-state index in [9.17, 15) is 0 Å². The number of thiophene rings is 2. The molecule has 12 aromatic rings. The SMILES string of the molecule is c1ccc(-c2nc3c(ccc4sc5ccc(-c6ccc(N(c7ccc8c(c7)oc7ccccc78)c7ccc8c(c7)sc7ccccc78)cc6)cc5c43)s2)cc1. The molecule has 4 aromatic heterocycles. The van der Waals surface area contributed by atoms with E-state index in [-0.39, 0.29) is 0 Å². The summed E-state index contributed by atoms with van der Waals surface area (Å²) in [4.78, 5) is 7.55. The smallest absolute Gasteiger partial charge is 0.137 e. The predicted octanol–water partition coefficient (Wildman–Crippen LogP) is 15.7. The molecule has 0 spiro atoms. The van der Waals surface area contributed by atoms with Crippen LogP contribution in [0.25, 0.3) is 94.2 Å². The van der Waals surface area contributed by atoms with Gasteiger partial charge in [-0.05, 0) is 83.9 Å². The number of anilines is 3. The molecule has 0 fully saturated rings. The Bertz CT molecular complexity index is 3330. The molecule has 0 amide bonds. The molecule has 55 heavy (non-hydrogen) atoms. The van der Waals surface area contributed by atoms with Gasteiger partial charge in [0.15, 0.2) is 0 Å². The summed E-state index contributed by atoms with van der Waals surface area (Å²) in [5, 5.41) is 8.41. The van der Waals surface area contributed by atoms with Gasteiger partial charge in [0.25, 0.3) is 0 Å².